The van der Waals surface area contributed by atoms with Crippen LogP contribution in [0, 0.1) is 0 Å². The van der Waals surface area contributed by atoms with Crippen molar-refractivity contribution in [3.63, 3.8) is 0 Å². The Balaban J connectivity index is 1.76. The third kappa shape index (κ3) is 2.04. The van der Waals surface area contributed by atoms with Crippen LogP contribution in [0.4, 0.5) is 0 Å². The molecule has 0 saturated heterocycles. The first-order chi connectivity index (χ1) is 11.4. The zero-order valence-corrected chi connectivity index (χ0v) is 13.8. The van der Waals surface area contributed by atoms with Gasteiger partial charge in [-0.3, -0.25) is 0 Å². The Bertz CT molecular complexity index is 993. The third-order valence-corrected chi connectivity index (χ3v) is 5.98. The summed E-state index contributed by atoms with van der Waals surface area (Å²) in [6.07, 6.45) is 8.36. The number of hydrogen-bond acceptors (Lipinski definition) is 1. The minimum Gasteiger partial charge on any atom is -0.152 e. The molecule has 1 atom stereocenters. The first-order valence-electron chi connectivity index (χ1n) is 8.35. The zero-order valence-electron chi connectivity index (χ0n) is 13.0. The van der Waals surface area contributed by atoms with Gasteiger partial charge >= 0.3 is 0 Å². The molecule has 2 aliphatic carbocycles. The number of thiophene rings is 1. The quantitative estimate of drug-likeness (QED) is 0.622. The van der Waals surface area contributed by atoms with E-state index in [4.69, 9.17) is 0 Å². The number of rotatable bonds is 1. The average Bonchev–Trinajstić information content (AvgIpc) is 3.15. The van der Waals surface area contributed by atoms with Gasteiger partial charge in [0.1, 0.15) is 0 Å². The average molecular weight is 314 g/mol. The topological polar surface area (TPSA) is 0 Å². The lowest BCUT2D eigenvalue weighted by Gasteiger charge is -2.23. The van der Waals surface area contributed by atoms with Gasteiger partial charge in [-0.1, -0.05) is 48.6 Å². The highest BCUT2D eigenvalue weighted by molar-refractivity contribution is 7.08. The molecule has 1 heteroatoms. The van der Waals surface area contributed by atoms with Crippen LogP contribution in [0.1, 0.15) is 35.4 Å². The van der Waals surface area contributed by atoms with E-state index < -0.39 is 0 Å². The van der Waals surface area contributed by atoms with Crippen molar-refractivity contribution in [2.75, 3.05) is 0 Å². The fourth-order valence-corrected chi connectivity index (χ4v) is 4.90. The molecule has 0 N–H and O–H groups in total. The molecule has 2 aliphatic rings. The molecule has 5 rings (SSSR count). The van der Waals surface area contributed by atoms with Gasteiger partial charge in [-0.2, -0.15) is 11.3 Å². The number of fused-ring (bicyclic) bond motifs is 5. The lowest BCUT2D eigenvalue weighted by Crippen LogP contribution is -2.35. The second-order valence-corrected chi connectivity index (χ2v) is 7.27. The molecule has 0 fully saturated rings. The second-order valence-electron chi connectivity index (χ2n) is 6.49. The summed E-state index contributed by atoms with van der Waals surface area (Å²) in [5.41, 5.74) is 7.28. The Kier molecular flexibility index (Phi) is 3.02. The predicted octanol–water partition coefficient (Wildman–Crippen LogP) is 4.46. The van der Waals surface area contributed by atoms with Crippen LogP contribution in [0.5, 0.6) is 0 Å². The zero-order chi connectivity index (χ0) is 15.2. The minimum atomic E-state index is 0.567. The highest BCUT2D eigenvalue weighted by atomic mass is 32.1. The van der Waals surface area contributed by atoms with Crippen LogP contribution in [0.3, 0.4) is 0 Å². The maximum atomic E-state index is 2.46. The summed E-state index contributed by atoms with van der Waals surface area (Å²) in [5.74, 6) is 0.567. The van der Waals surface area contributed by atoms with E-state index in [1.807, 2.05) is 11.3 Å². The van der Waals surface area contributed by atoms with Crippen LogP contribution in [0.2, 0.25) is 0 Å². The summed E-state index contributed by atoms with van der Waals surface area (Å²) in [5, 5.41) is 7.47. The van der Waals surface area contributed by atoms with Crippen molar-refractivity contribution in [3.8, 4) is 11.1 Å². The molecule has 0 radical (unpaired) electrons. The molecule has 3 aromatic rings. The largest absolute Gasteiger partial charge is 0.152 e. The molecule has 0 saturated carbocycles. The Hall–Kier alpha value is -2.12. The smallest absolute Gasteiger partial charge is 0.0107 e. The summed E-state index contributed by atoms with van der Waals surface area (Å²) in [6.45, 7) is 0. The number of benzene rings is 2. The molecule has 2 aromatic carbocycles. The van der Waals surface area contributed by atoms with Gasteiger partial charge in [0.05, 0.1) is 0 Å². The summed E-state index contributed by atoms with van der Waals surface area (Å²) in [7, 11) is 0. The van der Waals surface area contributed by atoms with Crippen molar-refractivity contribution in [2.45, 2.75) is 25.2 Å². The summed E-state index contributed by atoms with van der Waals surface area (Å²) in [6, 6.07) is 15.9. The first-order valence-corrected chi connectivity index (χ1v) is 9.30. The first kappa shape index (κ1) is 13.3. The fourth-order valence-electron chi connectivity index (χ4n) is 4.18. The Morgan fingerprint density at radius 2 is 1.83 bits per heavy atom. The normalized spacial score (nSPS) is 18.2. The molecule has 1 heterocycles. The Morgan fingerprint density at radius 3 is 2.74 bits per heavy atom. The van der Waals surface area contributed by atoms with E-state index in [0.717, 1.165) is 6.42 Å². The monoisotopic (exact) mass is 314 g/mol. The van der Waals surface area contributed by atoms with Gasteiger partial charge < -0.3 is 0 Å². The molecule has 1 aromatic heterocycles. The van der Waals surface area contributed by atoms with Crippen LogP contribution in [-0.4, -0.2) is 0 Å². The van der Waals surface area contributed by atoms with Gasteiger partial charge in [-0.15, -0.1) is 0 Å². The van der Waals surface area contributed by atoms with Crippen LogP contribution in [-0.2, 0) is 6.42 Å². The highest BCUT2D eigenvalue weighted by Crippen LogP contribution is 2.32. The highest BCUT2D eigenvalue weighted by Gasteiger charge is 2.21. The van der Waals surface area contributed by atoms with Gasteiger partial charge in [0.25, 0.3) is 0 Å². The summed E-state index contributed by atoms with van der Waals surface area (Å²) >= 11 is 1.81. The van der Waals surface area contributed by atoms with Crippen LogP contribution in [0.25, 0.3) is 23.3 Å². The Labute approximate surface area is 140 Å². The molecule has 1 unspecified atom stereocenters. The van der Waals surface area contributed by atoms with E-state index in [1.165, 1.54) is 51.1 Å². The standard InChI is InChI=1S/C22H18S/c1-2-5-17-15(4-1)8-9-22-19-7-3-6-18(16-12-13-23-14-16)21(19)11-10-20(17)22/h1-2,4-5,7,9-14,18H,3,6,8H2. The Morgan fingerprint density at radius 1 is 0.870 bits per heavy atom. The van der Waals surface area contributed by atoms with Gasteiger partial charge in [0.15, 0.2) is 0 Å². The van der Waals surface area contributed by atoms with E-state index in [9.17, 15) is 0 Å². The fraction of sp³-hybridized carbons (Fsp3) is 0.182. The second kappa shape index (κ2) is 5.21. The summed E-state index contributed by atoms with van der Waals surface area (Å²) in [4.78, 5) is 0. The molecule has 112 valence electrons. The molecule has 23 heavy (non-hydrogen) atoms. The molecule has 0 spiro atoms. The lowest BCUT2D eigenvalue weighted by molar-refractivity contribution is 0.721. The van der Waals surface area contributed by atoms with Crippen molar-refractivity contribution in [2.24, 2.45) is 0 Å². The van der Waals surface area contributed by atoms with Gasteiger partial charge in [-0.05, 0) is 74.3 Å². The van der Waals surface area contributed by atoms with Crippen LogP contribution >= 0.6 is 11.3 Å². The molecular formula is C22H18S. The molecular weight excluding hydrogens is 296 g/mol. The lowest BCUT2D eigenvalue weighted by atomic mass is 9.80. The van der Waals surface area contributed by atoms with E-state index in [0.29, 0.717) is 5.92 Å². The van der Waals surface area contributed by atoms with Crippen molar-refractivity contribution < 1.29 is 0 Å². The molecule has 0 amide bonds. The minimum absolute atomic E-state index is 0.567. The van der Waals surface area contributed by atoms with Crippen LogP contribution in [0.15, 0.2) is 53.2 Å². The van der Waals surface area contributed by atoms with Crippen molar-refractivity contribution in [3.05, 3.63) is 80.4 Å². The SMILES string of the molecule is C1=c2c(ccc3c2=CCCC3c2ccsc2)-c2ccccc2C1. The molecule has 0 nitrogen and oxygen atoms in total. The van der Waals surface area contributed by atoms with Gasteiger partial charge in [0, 0.05) is 5.92 Å². The van der Waals surface area contributed by atoms with Crippen molar-refractivity contribution in [1.82, 2.24) is 0 Å². The van der Waals surface area contributed by atoms with E-state index in [2.05, 4.69) is 65.4 Å². The summed E-state index contributed by atoms with van der Waals surface area (Å²) < 4.78 is 0. The number of hydrogen-bond donors (Lipinski definition) is 0. The van der Waals surface area contributed by atoms with Gasteiger partial charge in [-0.25, -0.2) is 0 Å². The maximum Gasteiger partial charge on any atom is 0.0107 e. The molecule has 0 aliphatic heterocycles. The van der Waals surface area contributed by atoms with Crippen LogP contribution < -0.4 is 10.4 Å². The third-order valence-electron chi connectivity index (χ3n) is 5.28. The predicted molar refractivity (Wildman–Crippen MR) is 99.2 cm³/mol. The van der Waals surface area contributed by atoms with Gasteiger partial charge in [0.2, 0.25) is 0 Å². The van der Waals surface area contributed by atoms with E-state index >= 15 is 0 Å². The molecule has 0 bridgehead atoms. The van der Waals surface area contributed by atoms with Crippen molar-refractivity contribution in [1.29, 1.82) is 0 Å². The van der Waals surface area contributed by atoms with E-state index in [1.54, 1.807) is 0 Å². The van der Waals surface area contributed by atoms with Crippen molar-refractivity contribution >= 4 is 23.5 Å². The maximum absolute atomic E-state index is 2.46. The van der Waals surface area contributed by atoms with E-state index in [-0.39, 0.29) is 0 Å².